The molecule has 0 bridgehead atoms. The molecule has 0 heterocycles. The van der Waals surface area contributed by atoms with E-state index in [4.69, 9.17) is 14.8 Å². The molecule has 0 aromatic carbocycles. The van der Waals surface area contributed by atoms with Gasteiger partial charge in [0.15, 0.2) is 0 Å². The van der Waals surface area contributed by atoms with E-state index in [2.05, 4.69) is 31.3 Å². The molecular formula is C44H87N2O6P. The summed E-state index contributed by atoms with van der Waals surface area (Å²) in [6, 6.07) is -0.862. The number of phosphoric ester groups is 1. The quantitative estimate of drug-likeness (QED) is 0.0276. The maximum absolute atomic E-state index is 12.8. The predicted molar refractivity (Wildman–Crippen MR) is 226 cm³/mol. The molecule has 53 heavy (non-hydrogen) atoms. The van der Waals surface area contributed by atoms with Gasteiger partial charge in [0.05, 0.1) is 25.4 Å². The highest BCUT2D eigenvalue weighted by Gasteiger charge is 2.26. The average Bonchev–Trinajstić information content (AvgIpc) is 3.14. The first kappa shape index (κ1) is 52.0. The van der Waals surface area contributed by atoms with E-state index >= 15 is 0 Å². The van der Waals surface area contributed by atoms with E-state index in [-0.39, 0.29) is 25.7 Å². The molecule has 8 nitrogen and oxygen atoms in total. The normalized spacial score (nSPS) is 14.3. The Kier molecular flexibility index (Phi) is 39.9. The van der Waals surface area contributed by atoms with Crippen molar-refractivity contribution < 1.29 is 28.4 Å². The predicted octanol–water partition coefficient (Wildman–Crippen LogP) is 12.6. The van der Waals surface area contributed by atoms with Crippen molar-refractivity contribution in [1.29, 1.82) is 0 Å². The summed E-state index contributed by atoms with van der Waals surface area (Å²) in [6.45, 7) is 4.14. The highest BCUT2D eigenvalue weighted by atomic mass is 31.2. The second-order valence-corrected chi connectivity index (χ2v) is 16.7. The average molecular weight is 771 g/mol. The number of nitrogens with one attached hydrogen (secondary N) is 1. The Labute approximate surface area is 327 Å². The van der Waals surface area contributed by atoms with Gasteiger partial charge in [-0.2, -0.15) is 0 Å². The van der Waals surface area contributed by atoms with Crippen LogP contribution < -0.4 is 11.1 Å². The van der Waals surface area contributed by atoms with Crippen LogP contribution >= 0.6 is 7.82 Å². The Morgan fingerprint density at radius 1 is 0.604 bits per heavy atom. The van der Waals surface area contributed by atoms with Crippen molar-refractivity contribution >= 4 is 13.7 Å². The molecule has 0 aliphatic heterocycles. The van der Waals surface area contributed by atoms with Gasteiger partial charge in [-0.15, -0.1) is 0 Å². The Hall–Kier alpha value is -1.02. The summed E-state index contributed by atoms with van der Waals surface area (Å²) in [6.07, 6.45) is 46.5. The van der Waals surface area contributed by atoms with Crippen LogP contribution in [0.1, 0.15) is 219 Å². The standard InChI is InChI=1S/C44H87N2O6P/c1-3-5-7-9-11-13-15-17-19-21-22-23-25-27-29-31-33-35-37-43(47)42(41-52-53(49,50)51-40-39-45)46-44(48)38-36-34-32-30-28-26-24-20-18-16-14-12-10-8-6-4-2/h20,24,35,37,42-43,47H,3-19,21-23,25-34,36,38-41,45H2,1-2H3,(H,46,48)(H,49,50)/b24-20-,37-35+. The largest absolute Gasteiger partial charge is 0.472 e. The van der Waals surface area contributed by atoms with Crippen LogP contribution in [0.15, 0.2) is 24.3 Å². The molecule has 0 aromatic rings. The van der Waals surface area contributed by atoms with Gasteiger partial charge in [0.2, 0.25) is 5.91 Å². The first-order valence-electron chi connectivity index (χ1n) is 22.5. The Balaban J connectivity index is 4.20. The van der Waals surface area contributed by atoms with E-state index in [1.54, 1.807) is 6.08 Å². The lowest BCUT2D eigenvalue weighted by Crippen LogP contribution is -2.45. The molecule has 1 amide bonds. The van der Waals surface area contributed by atoms with Gasteiger partial charge in [-0.3, -0.25) is 13.8 Å². The topological polar surface area (TPSA) is 131 Å². The lowest BCUT2D eigenvalue weighted by molar-refractivity contribution is -0.123. The number of phosphoric acid groups is 1. The van der Waals surface area contributed by atoms with Gasteiger partial charge in [-0.1, -0.05) is 192 Å². The summed E-state index contributed by atoms with van der Waals surface area (Å²) in [7, 11) is -4.34. The number of nitrogens with two attached hydrogens (primary N) is 1. The van der Waals surface area contributed by atoms with Crippen molar-refractivity contribution in [3.05, 3.63) is 24.3 Å². The molecule has 0 saturated carbocycles. The number of rotatable bonds is 42. The van der Waals surface area contributed by atoms with E-state index in [0.717, 1.165) is 51.4 Å². The highest BCUT2D eigenvalue weighted by molar-refractivity contribution is 7.47. The van der Waals surface area contributed by atoms with Crippen LogP contribution in [-0.2, 0) is 18.4 Å². The number of amides is 1. The van der Waals surface area contributed by atoms with Crippen LogP contribution in [0.25, 0.3) is 0 Å². The Morgan fingerprint density at radius 3 is 1.40 bits per heavy atom. The van der Waals surface area contributed by atoms with Gasteiger partial charge < -0.3 is 21.1 Å². The van der Waals surface area contributed by atoms with E-state index in [1.807, 2.05) is 6.08 Å². The summed E-state index contributed by atoms with van der Waals surface area (Å²) in [4.78, 5) is 22.7. The molecule has 0 aliphatic carbocycles. The smallest absolute Gasteiger partial charge is 0.387 e. The molecule has 0 fully saturated rings. The lowest BCUT2D eigenvalue weighted by Gasteiger charge is -2.23. The Bertz CT molecular complexity index is 886. The number of aliphatic hydroxyl groups excluding tert-OH is 1. The van der Waals surface area contributed by atoms with Crippen molar-refractivity contribution in [2.45, 2.75) is 231 Å². The molecule has 5 N–H and O–H groups in total. The van der Waals surface area contributed by atoms with Crippen molar-refractivity contribution in [2.24, 2.45) is 5.73 Å². The summed E-state index contributed by atoms with van der Waals surface area (Å²) in [5, 5.41) is 13.7. The number of hydrogen-bond acceptors (Lipinski definition) is 6. The van der Waals surface area contributed by atoms with E-state index in [0.29, 0.717) is 6.42 Å². The summed E-state index contributed by atoms with van der Waals surface area (Å²) in [5.41, 5.74) is 5.37. The fourth-order valence-corrected chi connectivity index (χ4v) is 7.36. The van der Waals surface area contributed by atoms with Crippen LogP contribution in [0, 0.1) is 0 Å². The van der Waals surface area contributed by atoms with Gasteiger partial charge in [-0.25, -0.2) is 4.57 Å². The van der Waals surface area contributed by atoms with E-state index in [9.17, 15) is 19.4 Å². The van der Waals surface area contributed by atoms with Crippen molar-refractivity contribution in [3.8, 4) is 0 Å². The summed E-state index contributed by atoms with van der Waals surface area (Å²) in [5.74, 6) is -0.201. The molecule has 0 aliphatic rings. The maximum atomic E-state index is 12.8. The third-order valence-corrected chi connectivity index (χ3v) is 11.0. The zero-order valence-corrected chi connectivity index (χ0v) is 35.7. The number of carbonyl (C=O) groups excluding carboxylic acids is 1. The first-order chi connectivity index (χ1) is 25.9. The minimum atomic E-state index is -4.34. The molecule has 0 radical (unpaired) electrons. The van der Waals surface area contributed by atoms with Crippen LogP contribution in [-0.4, -0.2) is 47.8 Å². The number of aliphatic hydroxyl groups is 1. The van der Waals surface area contributed by atoms with Crippen molar-refractivity contribution in [2.75, 3.05) is 19.8 Å². The molecule has 0 saturated heterocycles. The lowest BCUT2D eigenvalue weighted by atomic mass is 10.0. The Morgan fingerprint density at radius 2 is 0.981 bits per heavy atom. The SMILES string of the molecule is CCCCCCCCC/C=C\CCCCCCCC(=O)NC(COP(=O)(O)OCCN)C(O)/C=C/CCCCCCCCCCCCCCCCCC. The molecule has 9 heteroatoms. The highest BCUT2D eigenvalue weighted by Crippen LogP contribution is 2.43. The monoisotopic (exact) mass is 771 g/mol. The maximum Gasteiger partial charge on any atom is 0.472 e. The van der Waals surface area contributed by atoms with Crippen molar-refractivity contribution in [3.63, 3.8) is 0 Å². The number of hydrogen-bond donors (Lipinski definition) is 4. The van der Waals surface area contributed by atoms with Crippen LogP contribution in [0.4, 0.5) is 0 Å². The number of unbranched alkanes of at least 4 members (excludes halogenated alkanes) is 28. The minimum Gasteiger partial charge on any atom is -0.387 e. The van der Waals surface area contributed by atoms with Crippen molar-refractivity contribution in [1.82, 2.24) is 5.32 Å². The zero-order chi connectivity index (χ0) is 38.9. The molecule has 3 atom stereocenters. The molecule has 0 spiro atoms. The number of carbonyl (C=O) groups is 1. The summed E-state index contributed by atoms with van der Waals surface area (Å²) >= 11 is 0. The molecule has 0 rings (SSSR count). The first-order valence-corrected chi connectivity index (χ1v) is 24.0. The second-order valence-electron chi connectivity index (χ2n) is 15.3. The van der Waals surface area contributed by atoms with Crippen LogP contribution in [0.5, 0.6) is 0 Å². The fourth-order valence-electron chi connectivity index (χ4n) is 6.60. The summed E-state index contributed by atoms with van der Waals surface area (Å²) < 4.78 is 22.1. The molecule has 0 aromatic heterocycles. The third-order valence-electron chi connectivity index (χ3n) is 10.0. The third kappa shape index (κ3) is 39.0. The van der Waals surface area contributed by atoms with Gasteiger partial charge in [0, 0.05) is 13.0 Å². The van der Waals surface area contributed by atoms with Gasteiger partial charge in [0.1, 0.15) is 0 Å². The van der Waals surface area contributed by atoms with Gasteiger partial charge >= 0.3 is 7.82 Å². The molecule has 3 unspecified atom stereocenters. The zero-order valence-electron chi connectivity index (χ0n) is 34.8. The van der Waals surface area contributed by atoms with Gasteiger partial charge in [-0.05, 0) is 44.9 Å². The van der Waals surface area contributed by atoms with E-state index < -0.39 is 20.0 Å². The second kappa shape index (κ2) is 40.6. The fraction of sp³-hybridized carbons (Fsp3) is 0.886. The van der Waals surface area contributed by atoms with Crippen LogP contribution in [0.2, 0.25) is 0 Å². The van der Waals surface area contributed by atoms with E-state index in [1.165, 1.54) is 148 Å². The van der Waals surface area contributed by atoms with Crippen LogP contribution in [0.3, 0.4) is 0 Å². The molecule has 314 valence electrons. The molecular weight excluding hydrogens is 683 g/mol. The minimum absolute atomic E-state index is 0.0782. The van der Waals surface area contributed by atoms with Gasteiger partial charge in [0.25, 0.3) is 0 Å². The number of allylic oxidation sites excluding steroid dienone is 3.